The van der Waals surface area contributed by atoms with Gasteiger partial charge in [0.25, 0.3) is 5.56 Å². The molecule has 0 spiro atoms. The molecule has 1 saturated heterocycles. The van der Waals surface area contributed by atoms with Crippen LogP contribution in [0.4, 0.5) is 17.5 Å². The average molecular weight is 350 g/mol. The monoisotopic (exact) mass is 350 g/mol. The fraction of sp³-hybridized carbons (Fsp3) is 0.316. The van der Waals surface area contributed by atoms with E-state index in [2.05, 4.69) is 30.9 Å². The summed E-state index contributed by atoms with van der Waals surface area (Å²) in [5, 5.41) is 10.5. The van der Waals surface area contributed by atoms with Gasteiger partial charge in [0, 0.05) is 17.9 Å². The zero-order chi connectivity index (χ0) is 17.9. The molecular formula is C19H22N6O. The summed E-state index contributed by atoms with van der Waals surface area (Å²) >= 11 is 0. The Morgan fingerprint density at radius 2 is 2.00 bits per heavy atom. The van der Waals surface area contributed by atoms with Crippen molar-refractivity contribution < 1.29 is 0 Å². The molecule has 0 amide bonds. The van der Waals surface area contributed by atoms with Crippen molar-refractivity contribution in [2.75, 3.05) is 23.7 Å². The van der Waals surface area contributed by atoms with Crippen LogP contribution in [0.5, 0.6) is 0 Å². The molecule has 1 aliphatic heterocycles. The molecule has 1 aromatic carbocycles. The maximum absolute atomic E-state index is 12.4. The largest absolute Gasteiger partial charge is 0.351 e. The summed E-state index contributed by atoms with van der Waals surface area (Å²) in [5.41, 5.74) is 2.44. The second kappa shape index (κ2) is 7.13. The van der Waals surface area contributed by atoms with Crippen LogP contribution in [0.2, 0.25) is 0 Å². The minimum Gasteiger partial charge on any atom is -0.351 e. The molecule has 0 saturated carbocycles. The predicted octanol–water partition coefficient (Wildman–Crippen LogP) is 2.53. The summed E-state index contributed by atoms with van der Waals surface area (Å²) in [7, 11) is 0. The lowest BCUT2D eigenvalue weighted by molar-refractivity contribution is 0.477. The van der Waals surface area contributed by atoms with E-state index in [0.29, 0.717) is 28.7 Å². The number of fused-ring (bicyclic) bond motifs is 1. The van der Waals surface area contributed by atoms with Crippen LogP contribution in [0.3, 0.4) is 0 Å². The fourth-order valence-electron chi connectivity index (χ4n) is 3.25. The minimum absolute atomic E-state index is 0.203. The van der Waals surface area contributed by atoms with Gasteiger partial charge in [0.15, 0.2) is 0 Å². The molecule has 2 aromatic heterocycles. The second-order valence-corrected chi connectivity index (χ2v) is 6.63. The van der Waals surface area contributed by atoms with Crippen molar-refractivity contribution in [3.63, 3.8) is 0 Å². The van der Waals surface area contributed by atoms with E-state index in [9.17, 15) is 4.79 Å². The van der Waals surface area contributed by atoms with E-state index >= 15 is 0 Å². The predicted molar refractivity (Wildman–Crippen MR) is 104 cm³/mol. The van der Waals surface area contributed by atoms with Crippen LogP contribution in [0.1, 0.15) is 18.4 Å². The van der Waals surface area contributed by atoms with Crippen molar-refractivity contribution in [2.45, 2.75) is 25.8 Å². The lowest BCUT2D eigenvalue weighted by Gasteiger charge is -2.24. The van der Waals surface area contributed by atoms with Gasteiger partial charge in [-0.1, -0.05) is 12.1 Å². The standard InChI is InChI=1S/C19H22N6O/c1-12-3-2-4-14(11-12)22-17-16-15(7-10-21-18(16)26)24-19(25-17)23-13-5-8-20-9-6-13/h2-4,7,10-11,13,20H,5-6,8-9H2,1H3,(H,21,26)(H2,22,23,24,25). The van der Waals surface area contributed by atoms with E-state index in [1.807, 2.05) is 31.2 Å². The number of hydrogen-bond acceptors (Lipinski definition) is 6. The molecule has 3 aromatic rings. The summed E-state index contributed by atoms with van der Waals surface area (Å²) in [6.45, 7) is 4.00. The van der Waals surface area contributed by atoms with Crippen LogP contribution in [-0.4, -0.2) is 34.1 Å². The molecule has 0 unspecified atom stereocenters. The molecule has 1 fully saturated rings. The number of aryl methyl sites for hydroxylation is 1. The van der Waals surface area contributed by atoms with E-state index in [1.165, 1.54) is 0 Å². The molecule has 7 heteroatoms. The van der Waals surface area contributed by atoms with Crippen LogP contribution in [0.15, 0.2) is 41.3 Å². The lowest BCUT2D eigenvalue weighted by atomic mass is 10.1. The van der Waals surface area contributed by atoms with Crippen molar-refractivity contribution in [3.8, 4) is 0 Å². The van der Waals surface area contributed by atoms with Gasteiger partial charge in [-0.15, -0.1) is 0 Å². The highest BCUT2D eigenvalue weighted by Crippen LogP contribution is 2.23. The van der Waals surface area contributed by atoms with E-state index in [-0.39, 0.29) is 5.56 Å². The minimum atomic E-state index is -0.203. The lowest BCUT2D eigenvalue weighted by Crippen LogP contribution is -2.35. The Morgan fingerprint density at radius 1 is 1.15 bits per heavy atom. The summed E-state index contributed by atoms with van der Waals surface area (Å²) in [5.74, 6) is 1.06. The molecule has 3 heterocycles. The highest BCUT2D eigenvalue weighted by atomic mass is 16.1. The number of piperidine rings is 1. The third-order valence-electron chi connectivity index (χ3n) is 4.57. The summed E-state index contributed by atoms with van der Waals surface area (Å²) in [6.07, 6.45) is 3.66. The normalized spacial score (nSPS) is 15.1. The molecule has 0 radical (unpaired) electrons. The molecule has 7 nitrogen and oxygen atoms in total. The Bertz CT molecular complexity index is 977. The van der Waals surface area contributed by atoms with Gasteiger partial charge in [0.05, 0.1) is 5.52 Å². The number of anilines is 3. The highest BCUT2D eigenvalue weighted by molar-refractivity contribution is 5.90. The summed E-state index contributed by atoms with van der Waals surface area (Å²) < 4.78 is 0. The first-order valence-corrected chi connectivity index (χ1v) is 8.89. The zero-order valence-electron chi connectivity index (χ0n) is 14.7. The number of nitrogens with zero attached hydrogens (tertiary/aromatic N) is 2. The van der Waals surface area contributed by atoms with Gasteiger partial charge < -0.3 is 20.9 Å². The summed E-state index contributed by atoms with van der Waals surface area (Å²) in [6, 6.07) is 10.1. The topological polar surface area (TPSA) is 94.7 Å². The number of rotatable bonds is 4. The molecule has 4 N–H and O–H groups in total. The molecule has 0 aliphatic carbocycles. The highest BCUT2D eigenvalue weighted by Gasteiger charge is 2.16. The summed E-state index contributed by atoms with van der Waals surface area (Å²) in [4.78, 5) is 24.2. The van der Waals surface area contributed by atoms with Crippen molar-refractivity contribution >= 4 is 28.4 Å². The Balaban J connectivity index is 1.74. The Kier molecular flexibility index (Phi) is 4.53. The zero-order valence-corrected chi connectivity index (χ0v) is 14.7. The first-order valence-electron chi connectivity index (χ1n) is 8.89. The third-order valence-corrected chi connectivity index (χ3v) is 4.57. The molecule has 4 rings (SSSR count). The number of H-pyrrole nitrogens is 1. The van der Waals surface area contributed by atoms with Gasteiger partial charge in [-0.25, -0.2) is 4.98 Å². The van der Waals surface area contributed by atoms with Crippen molar-refractivity contribution in [2.24, 2.45) is 0 Å². The maximum atomic E-state index is 12.4. The number of pyridine rings is 1. The number of hydrogen-bond donors (Lipinski definition) is 4. The van der Waals surface area contributed by atoms with Gasteiger partial charge in [-0.3, -0.25) is 4.79 Å². The molecule has 134 valence electrons. The second-order valence-electron chi connectivity index (χ2n) is 6.63. The van der Waals surface area contributed by atoms with Crippen molar-refractivity contribution in [1.29, 1.82) is 0 Å². The van der Waals surface area contributed by atoms with Crippen LogP contribution in [0.25, 0.3) is 10.9 Å². The van der Waals surface area contributed by atoms with Crippen LogP contribution >= 0.6 is 0 Å². The first-order chi connectivity index (χ1) is 12.7. The van der Waals surface area contributed by atoms with E-state index in [4.69, 9.17) is 0 Å². The number of aromatic amines is 1. The number of benzene rings is 1. The van der Waals surface area contributed by atoms with Gasteiger partial charge in [0.1, 0.15) is 11.2 Å². The van der Waals surface area contributed by atoms with E-state index in [0.717, 1.165) is 37.2 Å². The third kappa shape index (κ3) is 3.52. The Morgan fingerprint density at radius 3 is 2.81 bits per heavy atom. The quantitative estimate of drug-likeness (QED) is 0.578. The van der Waals surface area contributed by atoms with Crippen LogP contribution in [0, 0.1) is 6.92 Å². The van der Waals surface area contributed by atoms with E-state index < -0.39 is 0 Å². The number of aromatic nitrogens is 3. The van der Waals surface area contributed by atoms with Crippen molar-refractivity contribution in [3.05, 3.63) is 52.4 Å². The maximum Gasteiger partial charge on any atom is 0.261 e. The SMILES string of the molecule is Cc1cccc(Nc2nc(NC3CCNCC3)nc3cc[nH]c(=O)c23)c1. The smallest absolute Gasteiger partial charge is 0.261 e. The molecular weight excluding hydrogens is 328 g/mol. The van der Waals surface area contributed by atoms with Gasteiger partial charge in [-0.05, 0) is 56.6 Å². The Hall–Kier alpha value is -2.93. The van der Waals surface area contributed by atoms with E-state index in [1.54, 1.807) is 12.3 Å². The van der Waals surface area contributed by atoms with Crippen LogP contribution < -0.4 is 21.5 Å². The van der Waals surface area contributed by atoms with Crippen LogP contribution in [-0.2, 0) is 0 Å². The molecule has 0 bridgehead atoms. The van der Waals surface area contributed by atoms with Gasteiger partial charge >= 0.3 is 0 Å². The number of nitrogens with one attached hydrogen (secondary N) is 4. The molecule has 0 atom stereocenters. The average Bonchev–Trinajstić information content (AvgIpc) is 2.62. The fourth-order valence-corrected chi connectivity index (χ4v) is 3.25. The molecule has 26 heavy (non-hydrogen) atoms. The molecule has 1 aliphatic rings. The van der Waals surface area contributed by atoms with Gasteiger partial charge in [0.2, 0.25) is 5.95 Å². The van der Waals surface area contributed by atoms with Crippen molar-refractivity contribution in [1.82, 2.24) is 20.3 Å². The first kappa shape index (κ1) is 16.5. The Labute approximate surface area is 151 Å². The van der Waals surface area contributed by atoms with Gasteiger partial charge in [-0.2, -0.15) is 4.98 Å².